The second-order valence-corrected chi connectivity index (χ2v) is 20.8. The minimum absolute atomic E-state index is 0. The Morgan fingerprint density at radius 2 is 1.01 bits per heavy atom. The first-order valence-corrected chi connectivity index (χ1v) is 25.7. The van der Waals surface area contributed by atoms with Crippen molar-refractivity contribution in [2.45, 2.75) is 33.4 Å². The summed E-state index contributed by atoms with van der Waals surface area (Å²) in [6.45, 7) is 2.95. The zero-order valence-corrected chi connectivity index (χ0v) is 42.5. The van der Waals surface area contributed by atoms with Crippen molar-refractivity contribution in [1.82, 2.24) is 0 Å². The van der Waals surface area contributed by atoms with Gasteiger partial charge in [0, 0.05) is 42.3 Å². The molecule has 0 aliphatic rings. The van der Waals surface area contributed by atoms with Crippen LogP contribution in [0.4, 0.5) is 51.2 Å². The number of carbonyl (C=O) groups is 1. The van der Waals surface area contributed by atoms with E-state index in [0.717, 1.165) is 23.8 Å². The van der Waals surface area contributed by atoms with E-state index in [4.69, 9.17) is 0 Å². The first-order valence-electron chi connectivity index (χ1n) is 19.9. The van der Waals surface area contributed by atoms with E-state index in [1.165, 1.54) is 49.4 Å². The Morgan fingerprint density at radius 3 is 1.57 bits per heavy atom. The van der Waals surface area contributed by atoms with Gasteiger partial charge >= 0.3 is 17.4 Å². The smallest absolute Gasteiger partial charge is 0.871 e. The van der Waals surface area contributed by atoms with E-state index in [9.17, 15) is 102 Å². The number of amides is 1. The molecule has 0 atom stereocenters. The maximum Gasteiger partial charge on any atom is 3.00 e. The standard InChI is InChI=1S/C23H17N5O11S2.C18H14N4O11S2.Cr/c1-11-2-5-18(29)16(6-11)25-24-13-4-3-12-7-19(40(34,35)36)21(22(30)15(12)8-13)27-26-17-9-14(28(32)33)10-20(23(17)31)41(37,38)39;1-8(23)19-10-3-2-9-4-14(34(28,29)30)16(17(24)12(9)5-10)21-20-13-6-11(22(26)27)7-15(18(13)25)35(31,32)33;/h2-10,29-31H,1H3,(H,34,35,36)(H,37,38,39);2-7,24-25H,1H3,(H,19,23)(H,28,29,30)(H,31,32,33);/q;;+3/p-3. The van der Waals surface area contributed by atoms with E-state index >= 15 is 0 Å². The summed E-state index contributed by atoms with van der Waals surface area (Å²) in [6, 6.07) is 15.5. The van der Waals surface area contributed by atoms with E-state index in [0.29, 0.717) is 18.2 Å². The number of aryl methyl sites for hydroxylation is 1. The molecule has 0 aliphatic heterocycles. The van der Waals surface area contributed by atoms with Gasteiger partial charge in [-0.15, -0.1) is 15.3 Å². The quantitative estimate of drug-likeness (QED) is 0.0276. The molecule has 0 unspecified atom stereocenters. The van der Waals surface area contributed by atoms with Crippen LogP contribution in [0.2, 0.25) is 0 Å². The van der Waals surface area contributed by atoms with Crippen LogP contribution in [0.25, 0.3) is 21.5 Å². The van der Waals surface area contributed by atoms with Gasteiger partial charge in [0.05, 0.1) is 37.5 Å². The van der Waals surface area contributed by atoms with Crippen molar-refractivity contribution in [3.63, 3.8) is 0 Å². The van der Waals surface area contributed by atoms with E-state index in [1.54, 1.807) is 13.0 Å². The number of carbonyl (C=O) groups excluding carboxylic acids is 1. The fraction of sp³-hybridized carbons (Fsp3) is 0.0488. The summed E-state index contributed by atoms with van der Waals surface area (Å²) in [6.07, 6.45) is 0. The molecule has 0 spiro atoms. The van der Waals surface area contributed by atoms with Crippen molar-refractivity contribution in [3.05, 3.63) is 117 Å². The first kappa shape index (κ1) is 59.2. The Labute approximate surface area is 441 Å². The number of benzene rings is 7. The topological polar surface area (TPSA) is 517 Å². The van der Waals surface area contributed by atoms with Crippen molar-refractivity contribution in [3.8, 4) is 28.7 Å². The maximum absolute atomic E-state index is 13.3. The normalized spacial score (nSPS) is 12.2. The summed E-state index contributed by atoms with van der Waals surface area (Å²) in [5, 5.41) is 104. The molecule has 0 saturated heterocycles. The van der Waals surface area contributed by atoms with E-state index in [2.05, 4.69) is 36.0 Å². The molecule has 1 radical (unpaired) electrons. The van der Waals surface area contributed by atoms with Crippen LogP contribution in [0.1, 0.15) is 12.5 Å². The predicted molar refractivity (Wildman–Crippen MR) is 253 cm³/mol. The molecule has 0 fully saturated rings. The minimum Gasteiger partial charge on any atom is -0.871 e. The van der Waals surface area contributed by atoms with Gasteiger partial charge in [-0.05, 0) is 71.1 Å². The van der Waals surface area contributed by atoms with Crippen LogP contribution in [-0.2, 0) is 62.6 Å². The molecule has 0 heterocycles. The third kappa shape index (κ3) is 13.6. The number of anilines is 1. The zero-order chi connectivity index (χ0) is 56.6. The first-order chi connectivity index (χ1) is 35.1. The number of nitrogens with zero attached hydrogens (tertiary/aromatic N) is 8. The van der Waals surface area contributed by atoms with Crippen molar-refractivity contribution in [2.24, 2.45) is 30.7 Å². The van der Waals surface area contributed by atoms with Crippen molar-refractivity contribution in [2.75, 3.05) is 5.32 Å². The van der Waals surface area contributed by atoms with Gasteiger partial charge in [-0.25, -0.2) is 0 Å². The van der Waals surface area contributed by atoms with E-state index < -0.39 is 139 Å². The third-order valence-electron chi connectivity index (χ3n) is 9.89. The van der Waals surface area contributed by atoms with Crippen LogP contribution >= 0.6 is 0 Å². The number of fused-ring (bicyclic) bond motifs is 2. The zero-order valence-electron chi connectivity index (χ0n) is 38.0. The van der Waals surface area contributed by atoms with E-state index in [-0.39, 0.29) is 62.0 Å². The van der Waals surface area contributed by atoms with Gasteiger partial charge < -0.3 is 30.8 Å². The number of rotatable bonds is 13. The van der Waals surface area contributed by atoms with Crippen LogP contribution in [0.3, 0.4) is 0 Å². The minimum atomic E-state index is -5.25. The van der Waals surface area contributed by atoms with Gasteiger partial charge in [-0.2, -0.15) is 49.0 Å². The van der Waals surface area contributed by atoms with Gasteiger partial charge in [0.1, 0.15) is 26.1 Å². The van der Waals surface area contributed by atoms with Crippen molar-refractivity contribution >= 4 is 119 Å². The summed E-state index contributed by atoms with van der Waals surface area (Å²) >= 11 is 0. The molecule has 31 nitrogen and oxygen atoms in total. The van der Waals surface area contributed by atoms with Gasteiger partial charge in [0.25, 0.3) is 51.8 Å². The number of hydrogen-bond acceptors (Lipinski definition) is 24. The number of aromatic hydroxyl groups is 2. The molecule has 0 aromatic heterocycles. The molecule has 77 heavy (non-hydrogen) atoms. The average Bonchev–Trinajstić information content (AvgIpc) is 3.30. The second-order valence-electron chi connectivity index (χ2n) is 15.2. The Bertz CT molecular complexity index is 4220. The number of phenolic OH excluding ortho intramolecular Hbond substituents is 2. The maximum atomic E-state index is 13.3. The summed E-state index contributed by atoms with van der Waals surface area (Å²) in [5.41, 5.74) is -4.75. The molecule has 7 aromatic carbocycles. The van der Waals surface area contributed by atoms with Gasteiger partial charge in [0.15, 0.2) is 11.5 Å². The van der Waals surface area contributed by atoms with E-state index in [1.807, 2.05) is 0 Å². The molecule has 7 N–H and O–H groups in total. The number of nitro groups is 2. The SMILES string of the molecule is CC(=O)Nc1ccc2cc(S(=O)(=O)O)c(N=Nc3cc([N+](=O)[O-])cc(S(=O)(=O)O)c3O)c(O)c2c1.Cc1ccc([O-])c(N=Nc2ccc3cc(S(=O)(=O)O)c(N=Nc4cc([N+](=O)[O-])cc(S(=O)(=O)O)c4[O-])c([O-])c3c2)c1.[Cr+3]. The van der Waals surface area contributed by atoms with Crippen molar-refractivity contribution < 1.29 is 109 Å². The van der Waals surface area contributed by atoms with Gasteiger partial charge in [-0.3, -0.25) is 43.2 Å². The molecule has 36 heteroatoms. The predicted octanol–water partition coefficient (Wildman–Crippen LogP) is 6.63. The van der Waals surface area contributed by atoms with Crippen LogP contribution in [0.5, 0.6) is 28.7 Å². The molecule has 7 rings (SSSR count). The summed E-state index contributed by atoms with van der Waals surface area (Å²) in [4.78, 5) is 26.7. The van der Waals surface area contributed by atoms with Gasteiger partial charge in [0.2, 0.25) is 5.91 Å². The second kappa shape index (κ2) is 22.3. The van der Waals surface area contributed by atoms with Gasteiger partial charge in [-0.1, -0.05) is 41.5 Å². The molecular formula is C41H28CrN9O22S4. The summed E-state index contributed by atoms with van der Waals surface area (Å²) < 4.78 is 132. The largest absolute Gasteiger partial charge is 3.00 e. The Morgan fingerprint density at radius 1 is 0.519 bits per heavy atom. The fourth-order valence-electron chi connectivity index (χ4n) is 6.51. The Kier molecular flexibility index (Phi) is 17.1. The molecule has 0 aliphatic carbocycles. The molecular weight excluding hydrogens is 1150 g/mol. The summed E-state index contributed by atoms with van der Waals surface area (Å²) in [5.74, 6) is -5.67. The number of non-ortho nitro benzene ring substituents is 2. The van der Waals surface area contributed by atoms with Crippen LogP contribution in [0, 0.1) is 27.2 Å². The molecule has 7 aromatic rings. The van der Waals surface area contributed by atoms with Crippen molar-refractivity contribution in [1.29, 1.82) is 0 Å². The number of hydrogen-bond donors (Lipinski definition) is 7. The third-order valence-corrected chi connectivity index (χ3v) is 13.3. The average molecular weight is 1180 g/mol. The van der Waals surface area contributed by atoms with Crippen LogP contribution < -0.4 is 20.6 Å². The number of phenols is 2. The summed E-state index contributed by atoms with van der Waals surface area (Å²) in [7, 11) is -20.6. The monoisotopic (exact) mass is 1180 g/mol. The molecule has 1 amide bonds. The number of azo groups is 3. The molecule has 0 bridgehead atoms. The van der Waals surface area contributed by atoms with Crippen LogP contribution in [-0.4, -0.2) is 77.8 Å². The van der Waals surface area contributed by atoms with Crippen LogP contribution in [0.15, 0.2) is 141 Å². The Balaban J connectivity index is 0.000000284. The molecule has 399 valence electrons. The molecule has 0 saturated carbocycles. The number of nitro benzene ring substituents is 2. The number of nitrogens with one attached hydrogen (secondary N) is 1. The fourth-order valence-corrected chi connectivity index (χ4v) is 9.05. The Hall–Kier alpha value is -8.70.